The highest BCUT2D eigenvalue weighted by atomic mass is 16.2. The van der Waals surface area contributed by atoms with E-state index < -0.39 is 0 Å². The van der Waals surface area contributed by atoms with E-state index in [1.165, 1.54) is 0 Å². The number of amides is 1. The second-order valence-electron chi connectivity index (χ2n) is 5.29. The van der Waals surface area contributed by atoms with Gasteiger partial charge in [0.15, 0.2) is 0 Å². The molecule has 0 aromatic heterocycles. The smallest absolute Gasteiger partial charge is 0.228 e. The van der Waals surface area contributed by atoms with Crippen LogP contribution in [0.15, 0.2) is 0 Å². The summed E-state index contributed by atoms with van der Waals surface area (Å²) in [6.45, 7) is 10.1. The fraction of sp³-hybridized carbons (Fsp3) is 0.833. The Bertz CT molecular complexity index is 280. The molecule has 1 aliphatic rings. The summed E-state index contributed by atoms with van der Waals surface area (Å²) in [5.74, 6) is 0.229. The largest absolute Gasteiger partial charge is 0.340 e. The standard InChI is InChI=1S/C12H21N3O/c1-12(2,3)11(16)15-9-7-14(8-10-15)6-4-5-13/h4,6-10H2,1-3H3. The van der Waals surface area contributed by atoms with E-state index in [1.807, 2.05) is 25.7 Å². The SMILES string of the molecule is CC(C)(C)C(=O)N1CCN(CCC#N)CC1. The minimum Gasteiger partial charge on any atom is -0.340 e. The van der Waals surface area contributed by atoms with Crippen molar-refractivity contribution in [1.29, 1.82) is 5.26 Å². The van der Waals surface area contributed by atoms with Gasteiger partial charge in [0.2, 0.25) is 5.91 Å². The molecule has 1 fully saturated rings. The molecule has 4 heteroatoms. The van der Waals surface area contributed by atoms with Gasteiger partial charge >= 0.3 is 0 Å². The van der Waals surface area contributed by atoms with Crippen molar-refractivity contribution in [3.63, 3.8) is 0 Å². The van der Waals surface area contributed by atoms with E-state index >= 15 is 0 Å². The maximum absolute atomic E-state index is 12.0. The normalized spacial score (nSPS) is 18.2. The number of nitrogens with zero attached hydrogens (tertiary/aromatic N) is 3. The van der Waals surface area contributed by atoms with Gasteiger partial charge in [-0.05, 0) is 0 Å². The predicted octanol–water partition coefficient (Wildman–Crippen LogP) is 1.09. The Labute approximate surface area is 97.8 Å². The van der Waals surface area contributed by atoms with Crippen molar-refractivity contribution in [3.05, 3.63) is 0 Å². The van der Waals surface area contributed by atoms with Crippen LogP contribution in [0.2, 0.25) is 0 Å². The van der Waals surface area contributed by atoms with Gasteiger partial charge in [-0.1, -0.05) is 20.8 Å². The van der Waals surface area contributed by atoms with Crippen LogP contribution in [0.5, 0.6) is 0 Å². The van der Waals surface area contributed by atoms with Crippen LogP contribution in [-0.4, -0.2) is 48.4 Å². The third-order valence-corrected chi connectivity index (χ3v) is 2.84. The molecule has 0 saturated carbocycles. The van der Waals surface area contributed by atoms with Crippen LogP contribution in [-0.2, 0) is 4.79 Å². The fourth-order valence-electron chi connectivity index (χ4n) is 1.86. The summed E-state index contributed by atoms with van der Waals surface area (Å²) < 4.78 is 0. The monoisotopic (exact) mass is 223 g/mol. The molecule has 0 N–H and O–H groups in total. The molecule has 0 spiro atoms. The van der Waals surface area contributed by atoms with Gasteiger partial charge in [0.1, 0.15) is 0 Å². The van der Waals surface area contributed by atoms with Crippen LogP contribution in [0.4, 0.5) is 0 Å². The van der Waals surface area contributed by atoms with Crippen LogP contribution in [0.25, 0.3) is 0 Å². The molecular weight excluding hydrogens is 202 g/mol. The fourth-order valence-corrected chi connectivity index (χ4v) is 1.86. The zero-order chi connectivity index (χ0) is 12.2. The first-order chi connectivity index (χ1) is 7.45. The highest BCUT2D eigenvalue weighted by Gasteiger charge is 2.29. The minimum absolute atomic E-state index is 0.229. The van der Waals surface area contributed by atoms with Gasteiger partial charge in [0.25, 0.3) is 0 Å². The molecule has 0 aromatic rings. The number of rotatable bonds is 2. The summed E-state index contributed by atoms with van der Waals surface area (Å²) in [6, 6.07) is 2.15. The summed E-state index contributed by atoms with van der Waals surface area (Å²) in [4.78, 5) is 16.2. The van der Waals surface area contributed by atoms with E-state index in [0.29, 0.717) is 6.42 Å². The Morgan fingerprint density at radius 1 is 1.25 bits per heavy atom. The molecule has 0 bridgehead atoms. The zero-order valence-corrected chi connectivity index (χ0v) is 10.5. The number of carbonyl (C=O) groups excluding carboxylic acids is 1. The molecule has 90 valence electrons. The lowest BCUT2D eigenvalue weighted by atomic mass is 9.94. The van der Waals surface area contributed by atoms with E-state index in [1.54, 1.807) is 0 Å². The van der Waals surface area contributed by atoms with Crippen LogP contribution >= 0.6 is 0 Å². The van der Waals surface area contributed by atoms with E-state index in [2.05, 4.69) is 11.0 Å². The average molecular weight is 223 g/mol. The Morgan fingerprint density at radius 3 is 2.25 bits per heavy atom. The number of nitriles is 1. The maximum Gasteiger partial charge on any atom is 0.228 e. The molecule has 0 radical (unpaired) electrons. The first kappa shape index (κ1) is 13.0. The van der Waals surface area contributed by atoms with Crippen LogP contribution in [0, 0.1) is 16.7 Å². The molecule has 1 aliphatic heterocycles. The van der Waals surface area contributed by atoms with Crippen molar-refractivity contribution in [2.45, 2.75) is 27.2 Å². The molecule has 0 unspecified atom stereocenters. The van der Waals surface area contributed by atoms with Crippen molar-refractivity contribution >= 4 is 5.91 Å². The quantitative estimate of drug-likeness (QED) is 0.704. The lowest BCUT2D eigenvalue weighted by Crippen LogP contribution is -2.51. The molecule has 0 aromatic carbocycles. The molecule has 1 saturated heterocycles. The molecule has 1 heterocycles. The highest BCUT2D eigenvalue weighted by molar-refractivity contribution is 5.81. The predicted molar refractivity (Wildman–Crippen MR) is 62.7 cm³/mol. The Kier molecular flexibility index (Phi) is 4.31. The summed E-state index contributed by atoms with van der Waals surface area (Å²) in [6.07, 6.45) is 0.577. The van der Waals surface area contributed by atoms with Gasteiger partial charge in [-0.2, -0.15) is 5.26 Å². The van der Waals surface area contributed by atoms with Gasteiger partial charge in [-0.3, -0.25) is 9.69 Å². The zero-order valence-electron chi connectivity index (χ0n) is 10.5. The first-order valence-electron chi connectivity index (χ1n) is 5.84. The third kappa shape index (κ3) is 3.49. The first-order valence-corrected chi connectivity index (χ1v) is 5.84. The van der Waals surface area contributed by atoms with Crippen LogP contribution in [0.1, 0.15) is 27.2 Å². The van der Waals surface area contributed by atoms with Gasteiger partial charge in [0, 0.05) is 44.6 Å². The topological polar surface area (TPSA) is 47.3 Å². The summed E-state index contributed by atoms with van der Waals surface area (Å²) >= 11 is 0. The molecule has 4 nitrogen and oxygen atoms in total. The third-order valence-electron chi connectivity index (χ3n) is 2.84. The Hall–Kier alpha value is -1.08. The number of carbonyl (C=O) groups is 1. The van der Waals surface area contributed by atoms with Crippen molar-refractivity contribution in [2.75, 3.05) is 32.7 Å². The molecular formula is C12H21N3O. The van der Waals surface area contributed by atoms with Crippen molar-refractivity contribution in [3.8, 4) is 6.07 Å². The average Bonchev–Trinajstić information content (AvgIpc) is 2.25. The number of hydrogen-bond donors (Lipinski definition) is 0. The lowest BCUT2D eigenvalue weighted by molar-refractivity contribution is -0.141. The van der Waals surface area contributed by atoms with E-state index in [9.17, 15) is 4.79 Å². The van der Waals surface area contributed by atoms with Crippen molar-refractivity contribution < 1.29 is 4.79 Å². The number of hydrogen-bond acceptors (Lipinski definition) is 3. The van der Waals surface area contributed by atoms with E-state index in [4.69, 9.17) is 5.26 Å². The Balaban J connectivity index is 2.38. The van der Waals surface area contributed by atoms with Gasteiger partial charge in [-0.25, -0.2) is 0 Å². The molecule has 1 amide bonds. The molecule has 16 heavy (non-hydrogen) atoms. The number of piperazine rings is 1. The highest BCUT2D eigenvalue weighted by Crippen LogP contribution is 2.18. The van der Waals surface area contributed by atoms with Crippen LogP contribution < -0.4 is 0 Å². The second kappa shape index (κ2) is 5.31. The Morgan fingerprint density at radius 2 is 1.81 bits per heavy atom. The summed E-state index contributed by atoms with van der Waals surface area (Å²) in [5, 5.41) is 8.50. The summed E-state index contributed by atoms with van der Waals surface area (Å²) in [7, 11) is 0. The maximum atomic E-state index is 12.0. The van der Waals surface area contributed by atoms with Crippen LogP contribution in [0.3, 0.4) is 0 Å². The summed E-state index contributed by atoms with van der Waals surface area (Å²) in [5.41, 5.74) is -0.283. The van der Waals surface area contributed by atoms with Crippen molar-refractivity contribution in [1.82, 2.24) is 9.80 Å². The lowest BCUT2D eigenvalue weighted by Gasteiger charge is -2.37. The second-order valence-corrected chi connectivity index (χ2v) is 5.29. The minimum atomic E-state index is -0.283. The van der Waals surface area contributed by atoms with Gasteiger partial charge < -0.3 is 4.90 Å². The van der Waals surface area contributed by atoms with E-state index in [-0.39, 0.29) is 11.3 Å². The molecule has 0 atom stereocenters. The molecule has 1 rings (SSSR count). The molecule has 0 aliphatic carbocycles. The van der Waals surface area contributed by atoms with Gasteiger partial charge in [0.05, 0.1) is 6.07 Å². The van der Waals surface area contributed by atoms with Crippen molar-refractivity contribution in [2.24, 2.45) is 5.41 Å². The van der Waals surface area contributed by atoms with E-state index in [0.717, 1.165) is 32.7 Å². The van der Waals surface area contributed by atoms with Gasteiger partial charge in [-0.15, -0.1) is 0 Å².